The molecule has 1 aromatic carbocycles. The van der Waals surface area contributed by atoms with Crippen molar-refractivity contribution in [2.75, 3.05) is 6.61 Å². The lowest BCUT2D eigenvalue weighted by Crippen LogP contribution is -1.96. The van der Waals surface area contributed by atoms with E-state index in [-0.39, 0.29) is 5.56 Å². The molecule has 1 aromatic heterocycles. The van der Waals surface area contributed by atoms with Crippen LogP contribution in [-0.2, 0) is 0 Å². The van der Waals surface area contributed by atoms with E-state index in [0.717, 1.165) is 11.4 Å². The van der Waals surface area contributed by atoms with Gasteiger partial charge >= 0.3 is 5.97 Å². The normalized spacial score (nSPS) is 10.2. The smallest absolute Gasteiger partial charge is 0.338 e. The largest absolute Gasteiger partial charge is 0.494 e. The molecular weight excluding hydrogens is 220 g/mol. The van der Waals surface area contributed by atoms with Gasteiger partial charge in [0.05, 0.1) is 24.1 Å². The zero-order chi connectivity index (χ0) is 12.3. The maximum Gasteiger partial charge on any atom is 0.338 e. The molecule has 5 heteroatoms. The fourth-order valence-electron chi connectivity index (χ4n) is 1.44. The monoisotopic (exact) mass is 232 g/mol. The Labute approximate surface area is 98.3 Å². The molecule has 1 N–H and O–H groups in total. The number of aromatic carboxylic acids is 1. The van der Waals surface area contributed by atoms with Crippen LogP contribution in [0.3, 0.4) is 0 Å². The van der Waals surface area contributed by atoms with Crippen molar-refractivity contribution >= 4 is 5.97 Å². The van der Waals surface area contributed by atoms with Crippen LogP contribution in [0.4, 0.5) is 0 Å². The van der Waals surface area contributed by atoms with Crippen molar-refractivity contribution in [3.05, 3.63) is 42.2 Å². The van der Waals surface area contributed by atoms with Gasteiger partial charge in [-0.15, -0.1) is 0 Å². The molecule has 0 unspecified atom stereocenters. The maximum absolute atomic E-state index is 10.7. The summed E-state index contributed by atoms with van der Waals surface area (Å²) in [6, 6.07) is 7.29. The first-order valence-corrected chi connectivity index (χ1v) is 5.22. The van der Waals surface area contributed by atoms with E-state index in [4.69, 9.17) is 9.84 Å². The standard InChI is InChI=1S/C12H12N2O3/c1-2-17-11-5-3-10(4-6-11)14-8-9(7-13-14)12(15)16/h3-8H,2H2,1H3,(H,15,16). The minimum atomic E-state index is -0.984. The van der Waals surface area contributed by atoms with Crippen molar-refractivity contribution in [3.63, 3.8) is 0 Å². The SMILES string of the molecule is CCOc1ccc(-n2cc(C(=O)O)cn2)cc1. The first-order chi connectivity index (χ1) is 8.20. The predicted octanol–water partition coefficient (Wildman–Crippen LogP) is 1.97. The molecule has 0 atom stereocenters. The number of carboxylic acid groups (broad SMARTS) is 1. The molecule has 0 saturated carbocycles. The van der Waals surface area contributed by atoms with Crippen LogP contribution in [0, 0.1) is 0 Å². The number of rotatable bonds is 4. The van der Waals surface area contributed by atoms with Gasteiger partial charge in [0.25, 0.3) is 0 Å². The van der Waals surface area contributed by atoms with Crippen LogP contribution < -0.4 is 4.74 Å². The van der Waals surface area contributed by atoms with Crippen molar-refractivity contribution in [2.24, 2.45) is 0 Å². The number of ether oxygens (including phenoxy) is 1. The lowest BCUT2D eigenvalue weighted by Gasteiger charge is -2.04. The molecule has 5 nitrogen and oxygen atoms in total. The Balaban J connectivity index is 2.23. The minimum absolute atomic E-state index is 0.166. The van der Waals surface area contributed by atoms with Gasteiger partial charge in [0.1, 0.15) is 5.75 Å². The number of aromatic nitrogens is 2. The van der Waals surface area contributed by atoms with Crippen LogP contribution in [0.1, 0.15) is 17.3 Å². The van der Waals surface area contributed by atoms with Crippen LogP contribution in [0.25, 0.3) is 5.69 Å². The van der Waals surface area contributed by atoms with Crippen LogP contribution in [-0.4, -0.2) is 27.5 Å². The Morgan fingerprint density at radius 2 is 2.12 bits per heavy atom. The molecule has 0 aliphatic rings. The zero-order valence-electron chi connectivity index (χ0n) is 9.33. The molecular formula is C12H12N2O3. The molecule has 0 amide bonds. The molecule has 88 valence electrons. The third kappa shape index (κ3) is 2.44. The van der Waals surface area contributed by atoms with Gasteiger partial charge in [0, 0.05) is 6.20 Å². The van der Waals surface area contributed by atoms with E-state index >= 15 is 0 Å². The summed E-state index contributed by atoms with van der Waals surface area (Å²) in [5, 5.41) is 12.8. The Hall–Kier alpha value is -2.30. The van der Waals surface area contributed by atoms with Crippen molar-refractivity contribution < 1.29 is 14.6 Å². The van der Waals surface area contributed by atoms with E-state index in [1.807, 2.05) is 31.2 Å². The van der Waals surface area contributed by atoms with E-state index in [2.05, 4.69) is 5.10 Å². The number of hydrogen-bond donors (Lipinski definition) is 1. The Kier molecular flexibility index (Phi) is 3.09. The zero-order valence-corrected chi connectivity index (χ0v) is 9.33. The quantitative estimate of drug-likeness (QED) is 0.875. The van der Waals surface area contributed by atoms with Crippen LogP contribution in [0.15, 0.2) is 36.7 Å². The summed E-state index contributed by atoms with van der Waals surface area (Å²) >= 11 is 0. The molecule has 0 aliphatic carbocycles. The topological polar surface area (TPSA) is 64.3 Å². The lowest BCUT2D eigenvalue weighted by atomic mass is 10.3. The molecule has 2 aromatic rings. The number of carboxylic acids is 1. The van der Waals surface area contributed by atoms with E-state index in [0.29, 0.717) is 6.61 Å². The van der Waals surface area contributed by atoms with Crippen LogP contribution in [0.2, 0.25) is 0 Å². The molecule has 0 fully saturated rings. The summed E-state index contributed by atoms with van der Waals surface area (Å²) in [6.45, 7) is 2.53. The number of carbonyl (C=O) groups is 1. The Morgan fingerprint density at radius 1 is 1.41 bits per heavy atom. The highest BCUT2D eigenvalue weighted by Gasteiger charge is 2.06. The molecule has 17 heavy (non-hydrogen) atoms. The summed E-state index contributed by atoms with van der Waals surface area (Å²) in [4.78, 5) is 10.7. The van der Waals surface area contributed by atoms with Gasteiger partial charge in [-0.1, -0.05) is 0 Å². The first-order valence-electron chi connectivity index (χ1n) is 5.22. The highest BCUT2D eigenvalue weighted by atomic mass is 16.5. The van der Waals surface area contributed by atoms with E-state index < -0.39 is 5.97 Å². The Bertz CT molecular complexity index is 517. The van der Waals surface area contributed by atoms with Gasteiger partial charge in [-0.25, -0.2) is 9.48 Å². The summed E-state index contributed by atoms with van der Waals surface area (Å²) in [5.41, 5.74) is 0.958. The summed E-state index contributed by atoms with van der Waals surface area (Å²) in [5.74, 6) is -0.205. The second kappa shape index (κ2) is 4.69. The highest BCUT2D eigenvalue weighted by molar-refractivity contribution is 5.86. The minimum Gasteiger partial charge on any atom is -0.494 e. The third-order valence-electron chi connectivity index (χ3n) is 2.24. The van der Waals surface area contributed by atoms with Gasteiger partial charge < -0.3 is 9.84 Å². The van der Waals surface area contributed by atoms with Gasteiger partial charge in [-0.3, -0.25) is 0 Å². The predicted molar refractivity (Wildman–Crippen MR) is 61.7 cm³/mol. The average molecular weight is 232 g/mol. The maximum atomic E-state index is 10.7. The number of benzene rings is 1. The van der Waals surface area contributed by atoms with Crippen molar-refractivity contribution in [3.8, 4) is 11.4 Å². The number of nitrogens with zero attached hydrogens (tertiary/aromatic N) is 2. The summed E-state index contributed by atoms with van der Waals surface area (Å²) in [6.07, 6.45) is 2.79. The Morgan fingerprint density at radius 3 is 2.65 bits per heavy atom. The van der Waals surface area contributed by atoms with E-state index in [1.165, 1.54) is 17.1 Å². The van der Waals surface area contributed by atoms with E-state index in [9.17, 15) is 4.79 Å². The summed E-state index contributed by atoms with van der Waals surface area (Å²) in [7, 11) is 0. The molecule has 0 bridgehead atoms. The van der Waals surface area contributed by atoms with E-state index in [1.54, 1.807) is 0 Å². The number of hydrogen-bond acceptors (Lipinski definition) is 3. The average Bonchev–Trinajstić information content (AvgIpc) is 2.80. The van der Waals surface area contributed by atoms with Crippen LogP contribution in [0.5, 0.6) is 5.75 Å². The fourth-order valence-corrected chi connectivity index (χ4v) is 1.44. The van der Waals surface area contributed by atoms with Gasteiger partial charge in [-0.2, -0.15) is 5.10 Å². The van der Waals surface area contributed by atoms with Gasteiger partial charge in [-0.05, 0) is 31.2 Å². The lowest BCUT2D eigenvalue weighted by molar-refractivity contribution is 0.0697. The van der Waals surface area contributed by atoms with Crippen molar-refractivity contribution in [2.45, 2.75) is 6.92 Å². The molecule has 0 aliphatic heterocycles. The third-order valence-corrected chi connectivity index (χ3v) is 2.24. The molecule has 2 rings (SSSR count). The van der Waals surface area contributed by atoms with Crippen LogP contribution >= 0.6 is 0 Å². The molecule has 0 spiro atoms. The summed E-state index contributed by atoms with van der Waals surface area (Å²) < 4.78 is 6.83. The fraction of sp³-hybridized carbons (Fsp3) is 0.167. The van der Waals surface area contributed by atoms with Crippen molar-refractivity contribution in [1.29, 1.82) is 0 Å². The van der Waals surface area contributed by atoms with Crippen molar-refractivity contribution in [1.82, 2.24) is 9.78 Å². The second-order valence-corrected chi connectivity index (χ2v) is 3.41. The second-order valence-electron chi connectivity index (χ2n) is 3.41. The van der Waals surface area contributed by atoms with Gasteiger partial charge in [0.15, 0.2) is 0 Å². The molecule has 0 radical (unpaired) electrons. The van der Waals surface area contributed by atoms with Gasteiger partial charge in [0.2, 0.25) is 0 Å². The first kappa shape index (κ1) is 11.2. The molecule has 0 saturated heterocycles. The highest BCUT2D eigenvalue weighted by Crippen LogP contribution is 2.15. The molecule has 1 heterocycles.